The molecule has 2 rings (SSSR count). The molecule has 2 unspecified atom stereocenters. The first-order valence-corrected chi connectivity index (χ1v) is 9.51. The molecule has 0 saturated carbocycles. The van der Waals surface area contributed by atoms with Crippen LogP contribution in [0.15, 0.2) is 18.2 Å². The minimum Gasteiger partial charge on any atom is -0.399 e. The molecule has 1 aromatic rings. The lowest BCUT2D eigenvalue weighted by Crippen LogP contribution is -2.25. The van der Waals surface area contributed by atoms with Crippen LogP contribution < -0.4 is 16.8 Å². The van der Waals surface area contributed by atoms with Crippen molar-refractivity contribution >= 4 is 23.2 Å². The highest BCUT2D eigenvalue weighted by Crippen LogP contribution is 2.36. The number of carbonyl (C=O) groups is 2. The average molecular weight is 345 g/mol. The Kier molecular flexibility index (Phi) is 7.29. The Morgan fingerprint density at radius 1 is 1.00 bits per heavy atom. The van der Waals surface area contributed by atoms with E-state index in [1.54, 1.807) is 6.07 Å². The van der Waals surface area contributed by atoms with Crippen LogP contribution >= 0.6 is 0 Å². The van der Waals surface area contributed by atoms with Gasteiger partial charge in [0.2, 0.25) is 11.8 Å². The molecule has 138 valence electrons. The fourth-order valence-corrected chi connectivity index (χ4v) is 3.74. The molecule has 25 heavy (non-hydrogen) atoms. The first-order valence-electron chi connectivity index (χ1n) is 9.51. The Morgan fingerprint density at radius 3 is 2.16 bits per heavy atom. The molecule has 2 amide bonds. The number of nitrogen functional groups attached to an aromatic ring is 2. The molecule has 1 fully saturated rings. The normalized spacial score (nSPS) is 18.4. The highest BCUT2D eigenvalue weighted by molar-refractivity contribution is 6.03. The zero-order valence-electron chi connectivity index (χ0n) is 15.2. The summed E-state index contributed by atoms with van der Waals surface area (Å²) in [4.78, 5) is 23.8. The molecule has 0 radical (unpaired) electrons. The molecule has 5 heteroatoms. The third-order valence-electron chi connectivity index (χ3n) is 5.04. The standard InChI is InChI=1S/C20H31N3O2/c1-2-3-4-5-6-7-8-9-17(18-13-19(24)23-20(18)25)14-10-15(21)12-16(22)11-14/h10-12,17-18H,2-9,13,21-22H2,1H3,(H,23,24,25). The van der Waals surface area contributed by atoms with Gasteiger partial charge in [-0.2, -0.15) is 0 Å². The van der Waals surface area contributed by atoms with E-state index in [-0.39, 0.29) is 30.1 Å². The second-order valence-corrected chi connectivity index (χ2v) is 7.17. The van der Waals surface area contributed by atoms with Crippen LogP contribution in [0.4, 0.5) is 11.4 Å². The van der Waals surface area contributed by atoms with Crippen LogP contribution in [0.25, 0.3) is 0 Å². The predicted octanol–water partition coefficient (Wildman–Crippen LogP) is 3.74. The van der Waals surface area contributed by atoms with E-state index in [1.807, 2.05) is 12.1 Å². The Bertz CT molecular complexity index is 580. The highest BCUT2D eigenvalue weighted by atomic mass is 16.2. The van der Waals surface area contributed by atoms with Gasteiger partial charge in [0, 0.05) is 17.8 Å². The molecule has 5 N–H and O–H groups in total. The van der Waals surface area contributed by atoms with E-state index < -0.39 is 0 Å². The fourth-order valence-electron chi connectivity index (χ4n) is 3.74. The van der Waals surface area contributed by atoms with E-state index >= 15 is 0 Å². The maximum atomic E-state index is 12.2. The third kappa shape index (κ3) is 5.76. The first kappa shape index (κ1) is 19.3. The number of nitrogens with one attached hydrogen (secondary N) is 1. The number of amides is 2. The molecule has 1 saturated heterocycles. The minimum absolute atomic E-state index is 0.00658. The van der Waals surface area contributed by atoms with Crippen molar-refractivity contribution in [3.63, 3.8) is 0 Å². The molecule has 1 aliphatic heterocycles. The molecule has 1 heterocycles. The number of hydrogen-bond acceptors (Lipinski definition) is 4. The van der Waals surface area contributed by atoms with Crippen LogP contribution in [0.2, 0.25) is 0 Å². The first-order chi connectivity index (χ1) is 12.0. The van der Waals surface area contributed by atoms with Gasteiger partial charge in [-0.05, 0) is 36.1 Å². The molecule has 0 bridgehead atoms. The summed E-state index contributed by atoms with van der Waals surface area (Å²) in [5, 5.41) is 2.43. The summed E-state index contributed by atoms with van der Waals surface area (Å²) in [6, 6.07) is 5.49. The topological polar surface area (TPSA) is 98.2 Å². The quantitative estimate of drug-likeness (QED) is 0.342. The second kappa shape index (κ2) is 9.44. The Morgan fingerprint density at radius 2 is 1.60 bits per heavy atom. The van der Waals surface area contributed by atoms with Crippen molar-refractivity contribution < 1.29 is 9.59 Å². The summed E-state index contributed by atoms with van der Waals surface area (Å²) < 4.78 is 0. The Hall–Kier alpha value is -2.04. The molecule has 0 aromatic heterocycles. The smallest absolute Gasteiger partial charge is 0.230 e. The van der Waals surface area contributed by atoms with Gasteiger partial charge in [-0.15, -0.1) is 0 Å². The second-order valence-electron chi connectivity index (χ2n) is 7.17. The number of rotatable bonds is 10. The van der Waals surface area contributed by atoms with E-state index in [2.05, 4.69) is 12.2 Å². The minimum atomic E-state index is -0.311. The van der Waals surface area contributed by atoms with Crippen molar-refractivity contribution in [1.29, 1.82) is 0 Å². The maximum absolute atomic E-state index is 12.2. The lowest BCUT2D eigenvalue weighted by atomic mass is 9.81. The summed E-state index contributed by atoms with van der Waals surface area (Å²) in [5.74, 6) is -0.669. The van der Waals surface area contributed by atoms with Gasteiger partial charge >= 0.3 is 0 Å². The SMILES string of the molecule is CCCCCCCCCC(c1cc(N)cc(N)c1)C1CC(=O)NC1=O. The van der Waals surface area contributed by atoms with Crippen molar-refractivity contribution in [1.82, 2.24) is 5.32 Å². The number of hydrogen-bond donors (Lipinski definition) is 3. The van der Waals surface area contributed by atoms with Crippen molar-refractivity contribution in [2.75, 3.05) is 11.5 Å². The third-order valence-corrected chi connectivity index (χ3v) is 5.04. The predicted molar refractivity (Wildman–Crippen MR) is 102 cm³/mol. The lowest BCUT2D eigenvalue weighted by molar-refractivity contribution is -0.126. The molecule has 0 spiro atoms. The molecule has 2 atom stereocenters. The van der Waals surface area contributed by atoms with Crippen LogP contribution in [-0.4, -0.2) is 11.8 Å². The Labute approximate surface area is 150 Å². The number of anilines is 2. The van der Waals surface area contributed by atoms with Crippen molar-refractivity contribution in [2.45, 2.75) is 70.6 Å². The van der Waals surface area contributed by atoms with Gasteiger partial charge in [0.25, 0.3) is 0 Å². The summed E-state index contributed by atoms with van der Waals surface area (Å²) in [6.45, 7) is 2.22. The summed E-state index contributed by atoms with van der Waals surface area (Å²) >= 11 is 0. The largest absolute Gasteiger partial charge is 0.399 e. The number of imide groups is 1. The van der Waals surface area contributed by atoms with E-state index in [9.17, 15) is 9.59 Å². The van der Waals surface area contributed by atoms with Gasteiger partial charge in [-0.25, -0.2) is 0 Å². The van der Waals surface area contributed by atoms with Crippen LogP contribution in [0, 0.1) is 5.92 Å². The van der Waals surface area contributed by atoms with Crippen LogP contribution in [0.3, 0.4) is 0 Å². The maximum Gasteiger partial charge on any atom is 0.230 e. The van der Waals surface area contributed by atoms with Gasteiger partial charge < -0.3 is 11.5 Å². The van der Waals surface area contributed by atoms with Crippen molar-refractivity contribution in [3.8, 4) is 0 Å². The van der Waals surface area contributed by atoms with Crippen LogP contribution in [0.5, 0.6) is 0 Å². The van der Waals surface area contributed by atoms with Gasteiger partial charge in [-0.1, -0.05) is 51.9 Å². The molecule has 0 aliphatic carbocycles. The molecular formula is C20H31N3O2. The molecule has 5 nitrogen and oxygen atoms in total. The van der Waals surface area contributed by atoms with Crippen molar-refractivity contribution in [3.05, 3.63) is 23.8 Å². The number of unbranched alkanes of at least 4 members (excludes halogenated alkanes) is 6. The highest BCUT2D eigenvalue weighted by Gasteiger charge is 2.37. The zero-order chi connectivity index (χ0) is 18.2. The van der Waals surface area contributed by atoms with Gasteiger partial charge in [-0.3, -0.25) is 14.9 Å². The van der Waals surface area contributed by atoms with E-state index in [1.165, 1.54) is 32.1 Å². The number of nitrogens with two attached hydrogens (primary N) is 2. The fraction of sp³-hybridized carbons (Fsp3) is 0.600. The zero-order valence-corrected chi connectivity index (χ0v) is 15.2. The number of carbonyl (C=O) groups excluding carboxylic acids is 2. The van der Waals surface area contributed by atoms with Crippen molar-refractivity contribution in [2.24, 2.45) is 5.92 Å². The average Bonchev–Trinajstić information content (AvgIpc) is 2.87. The summed E-state index contributed by atoms with van der Waals surface area (Å²) in [7, 11) is 0. The Balaban J connectivity index is 2.00. The van der Waals surface area contributed by atoms with Gasteiger partial charge in [0.15, 0.2) is 0 Å². The van der Waals surface area contributed by atoms with E-state index in [0.29, 0.717) is 11.4 Å². The summed E-state index contributed by atoms with van der Waals surface area (Å²) in [5.41, 5.74) is 14.0. The van der Waals surface area contributed by atoms with Gasteiger partial charge in [0.1, 0.15) is 0 Å². The van der Waals surface area contributed by atoms with E-state index in [4.69, 9.17) is 11.5 Å². The lowest BCUT2D eigenvalue weighted by Gasteiger charge is -2.22. The van der Waals surface area contributed by atoms with Gasteiger partial charge in [0.05, 0.1) is 5.92 Å². The molecule has 1 aliphatic rings. The summed E-state index contributed by atoms with van der Waals surface area (Å²) in [6.07, 6.45) is 9.68. The van der Waals surface area contributed by atoms with E-state index in [0.717, 1.165) is 24.8 Å². The monoisotopic (exact) mass is 345 g/mol. The molecule has 1 aromatic carbocycles. The molecular weight excluding hydrogens is 314 g/mol. The van der Waals surface area contributed by atoms with Crippen LogP contribution in [0.1, 0.15) is 76.2 Å². The number of benzene rings is 1. The van der Waals surface area contributed by atoms with Crippen LogP contribution in [-0.2, 0) is 9.59 Å².